The molecule has 3 N–H and O–H groups in total. The lowest BCUT2D eigenvalue weighted by Gasteiger charge is -2.16. The van der Waals surface area contributed by atoms with Crippen molar-refractivity contribution in [2.75, 3.05) is 12.3 Å². The summed E-state index contributed by atoms with van der Waals surface area (Å²) in [7, 11) is 0. The molecule has 0 saturated heterocycles. The van der Waals surface area contributed by atoms with Crippen molar-refractivity contribution in [3.63, 3.8) is 0 Å². The van der Waals surface area contributed by atoms with E-state index in [1.54, 1.807) is 11.8 Å². The topological polar surface area (TPSA) is 55.1 Å². The zero-order valence-corrected chi connectivity index (χ0v) is 13.8. The second-order valence-corrected chi connectivity index (χ2v) is 6.08. The van der Waals surface area contributed by atoms with Crippen molar-refractivity contribution in [1.82, 2.24) is 5.32 Å². The highest BCUT2D eigenvalue weighted by atomic mass is 35.5. The first-order valence-electron chi connectivity index (χ1n) is 6.85. The molecule has 0 aliphatic carbocycles. The van der Waals surface area contributed by atoms with Gasteiger partial charge in [-0.15, -0.1) is 24.2 Å². The van der Waals surface area contributed by atoms with Gasteiger partial charge in [-0.3, -0.25) is 4.79 Å². The number of rotatable bonds is 8. The molecule has 1 rings (SSSR count). The van der Waals surface area contributed by atoms with Gasteiger partial charge in [-0.25, -0.2) is 0 Å². The summed E-state index contributed by atoms with van der Waals surface area (Å²) in [4.78, 5) is 11.9. The number of carbonyl (C=O) groups excluding carboxylic acids is 1. The van der Waals surface area contributed by atoms with E-state index in [2.05, 4.69) is 12.2 Å². The summed E-state index contributed by atoms with van der Waals surface area (Å²) in [6.45, 7) is 4.59. The Balaban J connectivity index is 0.00000361. The normalized spacial score (nSPS) is 13.2. The number of halogens is 1. The minimum atomic E-state index is -0.141. The third-order valence-electron chi connectivity index (χ3n) is 2.96. The second kappa shape index (κ2) is 11.0. The highest BCUT2D eigenvalue weighted by Gasteiger charge is 2.14. The van der Waals surface area contributed by atoms with E-state index in [-0.39, 0.29) is 29.6 Å². The van der Waals surface area contributed by atoms with Crippen LogP contribution < -0.4 is 11.1 Å². The molecule has 0 spiro atoms. The van der Waals surface area contributed by atoms with Crippen LogP contribution in [0.25, 0.3) is 0 Å². The molecule has 2 unspecified atom stereocenters. The van der Waals surface area contributed by atoms with Gasteiger partial charge >= 0.3 is 0 Å². The Bertz CT molecular complexity index is 375. The van der Waals surface area contributed by atoms with Gasteiger partial charge in [0.15, 0.2) is 0 Å². The van der Waals surface area contributed by atoms with Crippen LogP contribution in [0.2, 0.25) is 0 Å². The third-order valence-corrected chi connectivity index (χ3v) is 4.20. The lowest BCUT2D eigenvalue weighted by atomic mass is 10.1. The molecule has 1 aromatic carbocycles. The van der Waals surface area contributed by atoms with E-state index in [4.69, 9.17) is 5.73 Å². The fraction of sp³-hybridized carbons (Fsp3) is 0.533. The number of carbonyl (C=O) groups is 1. The monoisotopic (exact) mass is 316 g/mol. The van der Waals surface area contributed by atoms with Crippen LogP contribution in [-0.2, 0) is 4.79 Å². The van der Waals surface area contributed by atoms with Gasteiger partial charge in [0.25, 0.3) is 0 Å². The number of thioether (sulfide) groups is 1. The molecule has 1 aromatic rings. The minimum absolute atomic E-state index is 0. The molecule has 20 heavy (non-hydrogen) atoms. The second-order valence-electron chi connectivity index (χ2n) is 4.63. The average molecular weight is 317 g/mol. The Morgan fingerprint density at radius 1 is 1.35 bits per heavy atom. The third kappa shape index (κ3) is 7.17. The van der Waals surface area contributed by atoms with Crippen LogP contribution in [0.5, 0.6) is 0 Å². The molecule has 0 aliphatic heterocycles. The maximum Gasteiger partial charge on any atom is 0.232 e. The van der Waals surface area contributed by atoms with Gasteiger partial charge in [0.2, 0.25) is 5.91 Å². The molecular formula is C15H25ClN2OS. The Morgan fingerprint density at radius 2 is 2.00 bits per heavy atom. The quantitative estimate of drug-likeness (QED) is 0.724. The van der Waals surface area contributed by atoms with Crippen LogP contribution in [-0.4, -0.2) is 23.5 Å². The van der Waals surface area contributed by atoms with E-state index in [0.717, 1.165) is 17.7 Å². The Morgan fingerprint density at radius 3 is 2.60 bits per heavy atom. The fourth-order valence-electron chi connectivity index (χ4n) is 1.65. The highest BCUT2D eigenvalue weighted by molar-refractivity contribution is 8.00. The van der Waals surface area contributed by atoms with Crippen LogP contribution in [0, 0.1) is 0 Å². The maximum absolute atomic E-state index is 11.9. The molecule has 114 valence electrons. The Hall–Kier alpha value is -0.710. The lowest BCUT2D eigenvalue weighted by Crippen LogP contribution is -2.36. The summed E-state index contributed by atoms with van der Waals surface area (Å²) in [5.41, 5.74) is 7.09. The van der Waals surface area contributed by atoms with Gasteiger partial charge in [0, 0.05) is 12.6 Å². The first-order valence-corrected chi connectivity index (χ1v) is 7.89. The molecule has 5 heteroatoms. The summed E-state index contributed by atoms with van der Waals surface area (Å²) in [5, 5.41) is 2.92. The summed E-state index contributed by atoms with van der Waals surface area (Å²) in [6, 6.07) is 9.70. The van der Waals surface area contributed by atoms with Crippen molar-refractivity contribution in [2.45, 2.75) is 38.0 Å². The molecule has 3 nitrogen and oxygen atoms in total. The molecule has 0 aromatic heterocycles. The predicted molar refractivity (Wildman–Crippen MR) is 90.5 cm³/mol. The van der Waals surface area contributed by atoms with Crippen molar-refractivity contribution in [1.29, 1.82) is 0 Å². The number of amides is 1. The molecule has 0 saturated carbocycles. The molecule has 0 bridgehead atoms. The molecule has 0 fully saturated rings. The number of nitrogens with one attached hydrogen (secondary N) is 1. The Labute approximate surface area is 132 Å². The van der Waals surface area contributed by atoms with Crippen molar-refractivity contribution < 1.29 is 4.79 Å². The predicted octanol–water partition coefficient (Wildman–Crippen LogP) is 3.15. The number of unbranched alkanes of at least 4 members (excludes halogenated alkanes) is 1. The standard InChI is InChI=1S/C15H24N2OS.ClH/c1-3-4-10-19-12(2)15(18)17-11-14(16)13-8-6-5-7-9-13;/h5-9,12,14H,3-4,10-11,16H2,1-2H3,(H,17,18);1H. The SMILES string of the molecule is CCCCSC(C)C(=O)NCC(N)c1ccccc1.Cl. The lowest BCUT2D eigenvalue weighted by molar-refractivity contribution is -0.120. The smallest absolute Gasteiger partial charge is 0.232 e. The first kappa shape index (κ1) is 19.3. The zero-order chi connectivity index (χ0) is 14.1. The van der Waals surface area contributed by atoms with Crippen LogP contribution in [0.3, 0.4) is 0 Å². The number of hydrogen-bond acceptors (Lipinski definition) is 3. The fourth-order valence-corrected chi connectivity index (χ4v) is 2.70. The summed E-state index contributed by atoms with van der Waals surface area (Å²) < 4.78 is 0. The largest absolute Gasteiger partial charge is 0.353 e. The molecule has 0 aliphatic rings. The summed E-state index contributed by atoms with van der Waals surface area (Å²) in [6.07, 6.45) is 2.33. The number of hydrogen-bond donors (Lipinski definition) is 2. The van der Waals surface area contributed by atoms with E-state index in [1.165, 1.54) is 6.42 Å². The van der Waals surface area contributed by atoms with E-state index in [1.807, 2.05) is 37.3 Å². The van der Waals surface area contributed by atoms with E-state index >= 15 is 0 Å². The molecule has 0 radical (unpaired) electrons. The minimum Gasteiger partial charge on any atom is -0.353 e. The number of benzene rings is 1. The van der Waals surface area contributed by atoms with E-state index in [0.29, 0.717) is 6.54 Å². The first-order chi connectivity index (χ1) is 9.15. The summed E-state index contributed by atoms with van der Waals surface area (Å²) in [5.74, 6) is 1.11. The van der Waals surface area contributed by atoms with Crippen molar-refractivity contribution in [2.24, 2.45) is 5.73 Å². The van der Waals surface area contributed by atoms with Crippen molar-refractivity contribution >= 4 is 30.1 Å². The molecule has 1 amide bonds. The molecular weight excluding hydrogens is 292 g/mol. The van der Waals surface area contributed by atoms with Crippen LogP contribution in [0.1, 0.15) is 38.3 Å². The van der Waals surface area contributed by atoms with Crippen molar-refractivity contribution in [3.8, 4) is 0 Å². The maximum atomic E-state index is 11.9. The van der Waals surface area contributed by atoms with Gasteiger partial charge in [0.1, 0.15) is 0 Å². The van der Waals surface area contributed by atoms with Gasteiger partial charge in [-0.05, 0) is 24.7 Å². The average Bonchev–Trinajstić information content (AvgIpc) is 2.45. The number of nitrogens with two attached hydrogens (primary N) is 1. The van der Waals surface area contributed by atoms with Gasteiger partial charge in [-0.1, -0.05) is 43.7 Å². The molecule has 0 heterocycles. The zero-order valence-electron chi connectivity index (χ0n) is 12.2. The van der Waals surface area contributed by atoms with Crippen LogP contribution in [0.15, 0.2) is 30.3 Å². The summed E-state index contributed by atoms with van der Waals surface area (Å²) >= 11 is 1.70. The van der Waals surface area contributed by atoms with Crippen molar-refractivity contribution in [3.05, 3.63) is 35.9 Å². The molecule has 2 atom stereocenters. The Kier molecular flexibility index (Phi) is 10.6. The van der Waals surface area contributed by atoms with Gasteiger partial charge < -0.3 is 11.1 Å². The van der Waals surface area contributed by atoms with Gasteiger partial charge in [0.05, 0.1) is 5.25 Å². The van der Waals surface area contributed by atoms with Gasteiger partial charge in [-0.2, -0.15) is 0 Å². The van der Waals surface area contributed by atoms with Crippen LogP contribution >= 0.6 is 24.2 Å². The highest BCUT2D eigenvalue weighted by Crippen LogP contribution is 2.13. The van der Waals surface area contributed by atoms with E-state index in [9.17, 15) is 4.79 Å². The van der Waals surface area contributed by atoms with Crippen LogP contribution in [0.4, 0.5) is 0 Å². The van der Waals surface area contributed by atoms with E-state index < -0.39 is 0 Å².